The molecule has 0 bridgehead atoms. The zero-order valence-electron chi connectivity index (χ0n) is 11.3. The van der Waals surface area contributed by atoms with Gasteiger partial charge >= 0.3 is 5.97 Å². The minimum absolute atomic E-state index is 0.175. The summed E-state index contributed by atoms with van der Waals surface area (Å²) in [5, 5.41) is -0.581. The highest BCUT2D eigenvalue weighted by molar-refractivity contribution is 6.39. The summed E-state index contributed by atoms with van der Waals surface area (Å²) in [6, 6.07) is 8.41. The van der Waals surface area contributed by atoms with Gasteiger partial charge in [0.05, 0.1) is 5.69 Å². The number of nitrogens with two attached hydrogens (primary N) is 1. The van der Waals surface area contributed by atoms with Crippen molar-refractivity contribution in [2.45, 2.75) is 13.0 Å². The van der Waals surface area contributed by atoms with Gasteiger partial charge in [-0.1, -0.05) is 41.4 Å². The molecule has 116 valence electrons. The molecule has 1 atom stereocenters. The number of halogens is 3. The Morgan fingerprint density at radius 3 is 2.55 bits per heavy atom. The average molecular weight is 345 g/mol. The van der Waals surface area contributed by atoms with Crippen LogP contribution in [0.4, 0.5) is 10.1 Å². The van der Waals surface area contributed by atoms with Crippen molar-refractivity contribution in [3.63, 3.8) is 0 Å². The average Bonchev–Trinajstić information content (AvgIpc) is 2.51. The number of esters is 1. The Bertz CT molecular complexity index is 698. The Balaban J connectivity index is 2.12. The van der Waals surface area contributed by atoms with E-state index in [1.54, 1.807) is 30.3 Å². The Hall–Kier alpha value is -2.05. The van der Waals surface area contributed by atoms with Crippen molar-refractivity contribution in [3.05, 3.63) is 46.3 Å². The number of rotatable bonds is 4. The van der Waals surface area contributed by atoms with Gasteiger partial charge in [0.2, 0.25) is 11.8 Å². The summed E-state index contributed by atoms with van der Waals surface area (Å²) >= 11 is 11.4. The number of hydrogen-bond donors (Lipinski definition) is 1. The largest absolute Gasteiger partial charge is 0.461 e. The SMILES string of the molecule is C[C@@H](Oc1nc(F)c(Cl)c(N)c1Cl)C(=O)Oc1ccccc1. The van der Waals surface area contributed by atoms with Gasteiger partial charge in [0.25, 0.3) is 0 Å². The monoisotopic (exact) mass is 344 g/mol. The van der Waals surface area contributed by atoms with Crippen molar-refractivity contribution in [1.82, 2.24) is 4.98 Å². The maximum atomic E-state index is 13.4. The molecular formula is C14H11Cl2FN2O3. The van der Waals surface area contributed by atoms with Gasteiger partial charge in [-0.3, -0.25) is 0 Å². The molecule has 2 aromatic rings. The van der Waals surface area contributed by atoms with Crippen LogP contribution in [0, 0.1) is 5.95 Å². The highest BCUT2D eigenvalue weighted by Crippen LogP contribution is 2.35. The fourth-order valence-corrected chi connectivity index (χ4v) is 1.86. The number of nitrogens with zero attached hydrogens (tertiary/aromatic N) is 1. The molecule has 0 radical (unpaired) electrons. The van der Waals surface area contributed by atoms with Gasteiger partial charge < -0.3 is 15.2 Å². The number of benzene rings is 1. The molecule has 0 unspecified atom stereocenters. The number of nitrogen functional groups attached to an aromatic ring is 1. The highest BCUT2D eigenvalue weighted by Gasteiger charge is 2.22. The van der Waals surface area contributed by atoms with E-state index in [1.165, 1.54) is 6.92 Å². The maximum Gasteiger partial charge on any atom is 0.352 e. The second-order valence-electron chi connectivity index (χ2n) is 4.24. The first-order chi connectivity index (χ1) is 10.4. The van der Waals surface area contributed by atoms with E-state index in [1.807, 2.05) is 0 Å². The summed E-state index contributed by atoms with van der Waals surface area (Å²) in [4.78, 5) is 15.3. The minimum atomic E-state index is -1.08. The lowest BCUT2D eigenvalue weighted by atomic mass is 10.3. The third kappa shape index (κ3) is 3.58. The molecule has 0 spiro atoms. The number of carbonyl (C=O) groups is 1. The van der Waals surface area contributed by atoms with Gasteiger partial charge in [0, 0.05) is 0 Å². The van der Waals surface area contributed by atoms with E-state index in [9.17, 15) is 9.18 Å². The molecule has 1 aromatic heterocycles. The number of para-hydroxylation sites is 1. The standard InChI is InChI=1S/C14H11Cl2FN2O3/c1-7(14(20)22-8-5-3-2-4-6-8)21-13-10(16)11(18)9(15)12(17)19-13/h2-7H,1H3,(H2,18,19)/t7-/m1/s1. The van der Waals surface area contributed by atoms with Crippen LogP contribution in [-0.2, 0) is 4.79 Å². The van der Waals surface area contributed by atoms with E-state index in [2.05, 4.69) is 4.98 Å². The van der Waals surface area contributed by atoms with Crippen LogP contribution in [0.5, 0.6) is 11.6 Å². The Labute approximate surface area is 135 Å². The third-order valence-corrected chi connectivity index (χ3v) is 3.35. The first-order valence-electron chi connectivity index (χ1n) is 6.13. The quantitative estimate of drug-likeness (QED) is 0.522. The number of ether oxygens (including phenoxy) is 2. The Kier molecular flexibility index (Phi) is 5.05. The topological polar surface area (TPSA) is 74.4 Å². The van der Waals surface area contributed by atoms with Crippen LogP contribution < -0.4 is 15.2 Å². The third-order valence-electron chi connectivity index (χ3n) is 2.62. The normalized spacial score (nSPS) is 11.8. The lowest BCUT2D eigenvalue weighted by molar-refractivity contribution is -0.141. The van der Waals surface area contributed by atoms with Crippen LogP contribution in [0.1, 0.15) is 6.92 Å². The van der Waals surface area contributed by atoms with Crippen molar-refractivity contribution in [3.8, 4) is 11.6 Å². The number of pyridine rings is 1. The highest BCUT2D eigenvalue weighted by atomic mass is 35.5. The summed E-state index contributed by atoms with van der Waals surface area (Å²) in [5.74, 6) is -1.72. The molecule has 0 amide bonds. The Morgan fingerprint density at radius 1 is 1.27 bits per heavy atom. The first kappa shape index (κ1) is 16.3. The molecule has 0 aliphatic rings. The molecule has 0 aliphatic carbocycles. The van der Waals surface area contributed by atoms with Gasteiger partial charge in [-0.05, 0) is 19.1 Å². The summed E-state index contributed by atoms with van der Waals surface area (Å²) in [5.41, 5.74) is 5.31. The Morgan fingerprint density at radius 2 is 1.91 bits per heavy atom. The number of anilines is 1. The lowest BCUT2D eigenvalue weighted by Crippen LogP contribution is -2.29. The van der Waals surface area contributed by atoms with Crippen LogP contribution in [0.15, 0.2) is 30.3 Å². The van der Waals surface area contributed by atoms with Gasteiger partial charge in [-0.25, -0.2) is 4.79 Å². The fourth-order valence-electron chi connectivity index (χ4n) is 1.49. The van der Waals surface area contributed by atoms with Gasteiger partial charge in [0.15, 0.2) is 6.10 Å². The molecule has 2 N–H and O–H groups in total. The minimum Gasteiger partial charge on any atom is -0.461 e. The molecule has 2 rings (SSSR count). The number of aromatic nitrogens is 1. The molecule has 1 heterocycles. The molecule has 0 fully saturated rings. The van der Waals surface area contributed by atoms with Crippen molar-refractivity contribution in [1.29, 1.82) is 0 Å². The van der Waals surface area contributed by atoms with E-state index in [0.29, 0.717) is 5.75 Å². The van der Waals surface area contributed by atoms with Crippen molar-refractivity contribution in [2.24, 2.45) is 0 Å². The van der Waals surface area contributed by atoms with E-state index in [-0.39, 0.29) is 16.6 Å². The van der Waals surface area contributed by atoms with Crippen LogP contribution in [-0.4, -0.2) is 17.1 Å². The predicted molar refractivity (Wildman–Crippen MR) is 80.8 cm³/mol. The fraction of sp³-hybridized carbons (Fsp3) is 0.143. The molecule has 8 heteroatoms. The molecule has 22 heavy (non-hydrogen) atoms. The van der Waals surface area contributed by atoms with Crippen molar-refractivity contribution < 1.29 is 18.7 Å². The van der Waals surface area contributed by atoms with Crippen molar-refractivity contribution in [2.75, 3.05) is 5.73 Å². The summed E-state index contributed by atoms with van der Waals surface area (Å²) < 4.78 is 23.7. The summed E-state index contributed by atoms with van der Waals surface area (Å²) in [6.07, 6.45) is -1.08. The predicted octanol–water partition coefficient (Wildman–Crippen LogP) is 3.48. The number of carbonyl (C=O) groups excluding carboxylic acids is 1. The summed E-state index contributed by atoms with van der Waals surface area (Å²) in [7, 11) is 0. The van der Waals surface area contributed by atoms with E-state index < -0.39 is 23.0 Å². The first-order valence-corrected chi connectivity index (χ1v) is 6.89. The zero-order chi connectivity index (χ0) is 16.3. The molecule has 5 nitrogen and oxygen atoms in total. The molecule has 0 saturated carbocycles. The second kappa shape index (κ2) is 6.81. The smallest absolute Gasteiger partial charge is 0.352 e. The van der Waals surface area contributed by atoms with Gasteiger partial charge in [-0.15, -0.1) is 0 Å². The van der Waals surface area contributed by atoms with Crippen LogP contribution >= 0.6 is 23.2 Å². The summed E-state index contributed by atoms with van der Waals surface area (Å²) in [6.45, 7) is 1.41. The maximum absolute atomic E-state index is 13.4. The molecular weight excluding hydrogens is 334 g/mol. The van der Waals surface area contributed by atoms with E-state index >= 15 is 0 Å². The van der Waals surface area contributed by atoms with E-state index in [4.69, 9.17) is 38.4 Å². The van der Waals surface area contributed by atoms with Crippen LogP contribution in [0.3, 0.4) is 0 Å². The van der Waals surface area contributed by atoms with Crippen LogP contribution in [0.2, 0.25) is 10.0 Å². The lowest BCUT2D eigenvalue weighted by Gasteiger charge is -2.15. The molecule has 1 aromatic carbocycles. The van der Waals surface area contributed by atoms with Gasteiger partial charge in [-0.2, -0.15) is 9.37 Å². The number of hydrogen-bond acceptors (Lipinski definition) is 5. The molecule has 0 saturated heterocycles. The van der Waals surface area contributed by atoms with Gasteiger partial charge in [0.1, 0.15) is 15.8 Å². The van der Waals surface area contributed by atoms with Crippen LogP contribution in [0.25, 0.3) is 0 Å². The van der Waals surface area contributed by atoms with Crippen molar-refractivity contribution >= 4 is 34.9 Å². The van der Waals surface area contributed by atoms with E-state index in [0.717, 1.165) is 0 Å². The zero-order valence-corrected chi connectivity index (χ0v) is 12.9. The second-order valence-corrected chi connectivity index (χ2v) is 5.00. The molecule has 0 aliphatic heterocycles.